The molecule has 3 atom stereocenters. The van der Waals surface area contributed by atoms with Gasteiger partial charge in [0.05, 0.1) is 29.7 Å². The number of hydrogen-bond donors (Lipinski definition) is 1. The van der Waals surface area contributed by atoms with Crippen molar-refractivity contribution in [3.63, 3.8) is 0 Å². The maximum Gasteiger partial charge on any atom is 0.197 e. The second-order valence-corrected chi connectivity index (χ2v) is 4.42. The van der Waals surface area contributed by atoms with Crippen molar-refractivity contribution in [2.45, 2.75) is 24.9 Å². The number of benzene rings is 1. The Balaban J connectivity index is 1.87. The summed E-state index contributed by atoms with van der Waals surface area (Å²) in [7, 11) is 0. The fraction of sp³-hybridized carbons (Fsp3) is 0.417. The molecule has 0 aromatic heterocycles. The molecule has 0 spiro atoms. The second kappa shape index (κ2) is 3.06. The summed E-state index contributed by atoms with van der Waals surface area (Å²) in [5.41, 5.74) is 3.09. The Morgan fingerprint density at radius 3 is 3.25 bits per heavy atom. The zero-order chi connectivity index (χ0) is 10.5. The third kappa shape index (κ3) is 1.14. The van der Waals surface area contributed by atoms with Crippen LogP contribution < -0.4 is 5.32 Å². The van der Waals surface area contributed by atoms with E-state index in [0.29, 0.717) is 12.6 Å². The molecule has 2 saturated heterocycles. The number of fused-ring (bicyclic) bond motifs is 7. The second-order valence-electron chi connectivity index (χ2n) is 4.42. The molecule has 4 rings (SSSR count). The first-order valence-electron chi connectivity index (χ1n) is 5.60. The van der Waals surface area contributed by atoms with Crippen molar-refractivity contribution < 1.29 is 9.47 Å². The van der Waals surface area contributed by atoms with Crippen molar-refractivity contribution in [3.05, 3.63) is 24.3 Å². The minimum atomic E-state index is -0.214. The third-order valence-corrected chi connectivity index (χ3v) is 3.37. The van der Waals surface area contributed by atoms with Gasteiger partial charge in [0.25, 0.3) is 0 Å². The quantitative estimate of drug-likeness (QED) is 0.717. The molecule has 1 N–H and O–H groups in total. The van der Waals surface area contributed by atoms with Crippen LogP contribution in [-0.4, -0.2) is 30.8 Å². The Bertz CT molecular complexity index is 472. The Morgan fingerprint density at radius 1 is 1.31 bits per heavy atom. The molecule has 4 heteroatoms. The summed E-state index contributed by atoms with van der Waals surface area (Å²) >= 11 is 0. The maximum absolute atomic E-state index is 5.76. The van der Waals surface area contributed by atoms with Gasteiger partial charge in [-0.2, -0.15) is 0 Å². The van der Waals surface area contributed by atoms with E-state index in [1.807, 2.05) is 18.2 Å². The molecular formula is C12H12N2O2. The van der Waals surface area contributed by atoms with E-state index in [1.165, 1.54) is 0 Å². The lowest BCUT2D eigenvalue weighted by Gasteiger charge is -2.27. The molecular weight excluding hydrogens is 204 g/mol. The molecule has 3 aliphatic heterocycles. The van der Waals surface area contributed by atoms with Crippen molar-refractivity contribution in [3.8, 4) is 0 Å². The highest BCUT2D eigenvalue weighted by Crippen LogP contribution is 2.36. The summed E-state index contributed by atoms with van der Waals surface area (Å²) in [4.78, 5) is 4.64. The predicted molar refractivity (Wildman–Crippen MR) is 60.2 cm³/mol. The summed E-state index contributed by atoms with van der Waals surface area (Å²) in [6, 6.07) is 8.40. The Kier molecular flexibility index (Phi) is 1.67. The van der Waals surface area contributed by atoms with Crippen LogP contribution in [-0.2, 0) is 9.47 Å². The van der Waals surface area contributed by atoms with E-state index >= 15 is 0 Å². The fourth-order valence-corrected chi connectivity index (χ4v) is 2.55. The van der Waals surface area contributed by atoms with E-state index in [0.717, 1.165) is 23.5 Å². The molecule has 0 amide bonds. The number of rotatable bonds is 0. The standard InChI is InChI=1S/C12H12N2O2/c1-2-4-8-7(3-1)13-9-5-10(14-8)12-15-6-11(9)16-12/h1-4,9,11-13H,5-6H2/t9-,11-,12-/m1/s1. The zero-order valence-electron chi connectivity index (χ0n) is 8.72. The minimum Gasteiger partial charge on any atom is -0.377 e. The van der Waals surface area contributed by atoms with Crippen LogP contribution in [0.5, 0.6) is 0 Å². The van der Waals surface area contributed by atoms with Crippen LogP contribution in [0.15, 0.2) is 29.3 Å². The molecule has 4 nitrogen and oxygen atoms in total. The molecule has 16 heavy (non-hydrogen) atoms. The van der Waals surface area contributed by atoms with Crippen LogP contribution in [0.25, 0.3) is 0 Å². The van der Waals surface area contributed by atoms with Gasteiger partial charge in [0.2, 0.25) is 0 Å². The van der Waals surface area contributed by atoms with Crippen LogP contribution in [0.2, 0.25) is 0 Å². The van der Waals surface area contributed by atoms with Gasteiger partial charge in [-0.05, 0) is 12.1 Å². The zero-order valence-corrected chi connectivity index (χ0v) is 8.72. The van der Waals surface area contributed by atoms with Gasteiger partial charge in [-0.15, -0.1) is 0 Å². The lowest BCUT2D eigenvalue weighted by Crippen LogP contribution is -2.42. The first-order valence-corrected chi connectivity index (χ1v) is 5.60. The lowest BCUT2D eigenvalue weighted by atomic mass is 10.0. The van der Waals surface area contributed by atoms with Crippen molar-refractivity contribution in [2.75, 3.05) is 11.9 Å². The number of aliphatic imine (C=N–C) groups is 1. The Hall–Kier alpha value is -1.39. The first-order chi connectivity index (χ1) is 7.90. The fourth-order valence-electron chi connectivity index (χ4n) is 2.55. The minimum absolute atomic E-state index is 0.162. The number of nitrogens with one attached hydrogen (secondary N) is 1. The van der Waals surface area contributed by atoms with Gasteiger partial charge in [-0.25, -0.2) is 0 Å². The van der Waals surface area contributed by atoms with Crippen molar-refractivity contribution in [2.24, 2.45) is 4.99 Å². The lowest BCUT2D eigenvalue weighted by molar-refractivity contribution is -0.0191. The van der Waals surface area contributed by atoms with Crippen molar-refractivity contribution in [1.29, 1.82) is 0 Å². The topological polar surface area (TPSA) is 42.9 Å². The number of para-hydroxylation sites is 2. The molecule has 3 heterocycles. The van der Waals surface area contributed by atoms with Gasteiger partial charge >= 0.3 is 0 Å². The van der Waals surface area contributed by atoms with Gasteiger partial charge in [-0.1, -0.05) is 12.1 Å². The molecule has 1 aromatic carbocycles. The number of ether oxygens (including phenoxy) is 2. The smallest absolute Gasteiger partial charge is 0.197 e. The van der Waals surface area contributed by atoms with Gasteiger partial charge in [0, 0.05) is 6.42 Å². The highest BCUT2D eigenvalue weighted by Gasteiger charge is 2.43. The normalized spacial score (nSPS) is 34.8. The van der Waals surface area contributed by atoms with Crippen molar-refractivity contribution in [1.82, 2.24) is 0 Å². The highest BCUT2D eigenvalue weighted by atomic mass is 16.7. The maximum atomic E-state index is 5.76. The Labute approximate surface area is 93.3 Å². The van der Waals surface area contributed by atoms with Crippen LogP contribution in [0.3, 0.4) is 0 Å². The van der Waals surface area contributed by atoms with Crippen LogP contribution in [0, 0.1) is 0 Å². The number of nitrogens with zero attached hydrogens (tertiary/aromatic N) is 1. The number of anilines is 1. The van der Waals surface area contributed by atoms with Gasteiger partial charge in [0.1, 0.15) is 6.10 Å². The summed E-state index contributed by atoms with van der Waals surface area (Å²) < 4.78 is 11.3. The summed E-state index contributed by atoms with van der Waals surface area (Å²) in [6.45, 7) is 0.670. The molecule has 0 saturated carbocycles. The van der Waals surface area contributed by atoms with E-state index in [4.69, 9.17) is 9.47 Å². The number of hydrogen-bond acceptors (Lipinski definition) is 4. The predicted octanol–water partition coefficient (Wildman–Crippen LogP) is 1.70. The van der Waals surface area contributed by atoms with E-state index in [-0.39, 0.29) is 12.4 Å². The van der Waals surface area contributed by atoms with Crippen LogP contribution >= 0.6 is 0 Å². The third-order valence-electron chi connectivity index (χ3n) is 3.37. The Morgan fingerprint density at radius 2 is 2.25 bits per heavy atom. The van der Waals surface area contributed by atoms with E-state index in [1.54, 1.807) is 0 Å². The average molecular weight is 216 g/mol. The highest BCUT2D eigenvalue weighted by molar-refractivity contribution is 5.94. The largest absolute Gasteiger partial charge is 0.377 e. The molecule has 2 fully saturated rings. The molecule has 0 unspecified atom stereocenters. The summed E-state index contributed by atoms with van der Waals surface area (Å²) in [5.74, 6) is 0. The summed E-state index contributed by atoms with van der Waals surface area (Å²) in [5, 5.41) is 3.50. The molecule has 4 bridgehead atoms. The molecule has 3 aliphatic rings. The SMILES string of the molecule is c1ccc2c(c1)N=C1C[C@@H](N2)[C@H]2CO[C@@H]1O2. The van der Waals surface area contributed by atoms with Gasteiger partial charge in [0.15, 0.2) is 6.29 Å². The molecule has 82 valence electrons. The van der Waals surface area contributed by atoms with Crippen LogP contribution in [0.4, 0.5) is 11.4 Å². The van der Waals surface area contributed by atoms with E-state index in [2.05, 4.69) is 16.4 Å². The van der Waals surface area contributed by atoms with E-state index in [9.17, 15) is 0 Å². The van der Waals surface area contributed by atoms with E-state index < -0.39 is 0 Å². The molecule has 0 radical (unpaired) electrons. The molecule has 1 aromatic rings. The first kappa shape index (κ1) is 8.73. The van der Waals surface area contributed by atoms with Crippen molar-refractivity contribution >= 4 is 17.1 Å². The van der Waals surface area contributed by atoms with Crippen LogP contribution in [0.1, 0.15) is 6.42 Å². The monoisotopic (exact) mass is 216 g/mol. The molecule has 0 aliphatic carbocycles. The average Bonchev–Trinajstić information content (AvgIpc) is 2.66. The summed E-state index contributed by atoms with van der Waals surface area (Å²) in [6.07, 6.45) is 0.869. The van der Waals surface area contributed by atoms with Gasteiger partial charge in [-0.3, -0.25) is 4.99 Å². The van der Waals surface area contributed by atoms with Gasteiger partial charge < -0.3 is 14.8 Å².